The summed E-state index contributed by atoms with van der Waals surface area (Å²) in [5.74, 6) is 0.706. The lowest BCUT2D eigenvalue weighted by Gasteiger charge is -2.14. The van der Waals surface area contributed by atoms with Crippen LogP contribution in [0.25, 0.3) is 0 Å². The van der Waals surface area contributed by atoms with E-state index in [2.05, 4.69) is 20.8 Å². The molecule has 24 heavy (non-hydrogen) atoms. The number of hydrogen-bond acceptors (Lipinski definition) is 4. The lowest BCUT2D eigenvalue weighted by molar-refractivity contribution is 0.0657. The van der Waals surface area contributed by atoms with Gasteiger partial charge in [-0.25, -0.2) is 4.79 Å². The van der Waals surface area contributed by atoms with Gasteiger partial charge in [0.25, 0.3) is 0 Å². The normalized spacial score (nSPS) is 12.2. The van der Waals surface area contributed by atoms with Gasteiger partial charge in [-0.3, -0.25) is 0 Å². The summed E-state index contributed by atoms with van der Waals surface area (Å²) in [7, 11) is 1.84. The Labute approximate surface area is 142 Å². The molecule has 0 unspecified atom stereocenters. The lowest BCUT2D eigenvalue weighted by atomic mass is 10.1. The first-order valence-corrected chi connectivity index (χ1v) is 8.03. The van der Waals surface area contributed by atoms with Gasteiger partial charge in [0.15, 0.2) is 5.82 Å². The third-order valence-electron chi connectivity index (χ3n) is 3.51. The SMILES string of the molecule is CC(C)OCc1cccc(CNC(=O)N[C@@H](C)c2nncn2C)c1. The second-order valence-corrected chi connectivity index (χ2v) is 6.03. The molecule has 1 aromatic carbocycles. The van der Waals surface area contributed by atoms with Gasteiger partial charge in [0.2, 0.25) is 0 Å². The minimum Gasteiger partial charge on any atom is -0.374 e. The van der Waals surface area contributed by atoms with E-state index >= 15 is 0 Å². The molecule has 2 rings (SSSR count). The number of amides is 2. The number of carbonyl (C=O) groups excluding carboxylic acids is 1. The van der Waals surface area contributed by atoms with E-state index in [1.54, 1.807) is 10.9 Å². The minimum absolute atomic E-state index is 0.194. The minimum atomic E-state index is -0.241. The Morgan fingerprint density at radius 2 is 2.04 bits per heavy atom. The van der Waals surface area contributed by atoms with E-state index in [-0.39, 0.29) is 18.2 Å². The Hall–Kier alpha value is -2.41. The Kier molecular flexibility index (Phi) is 6.31. The van der Waals surface area contributed by atoms with Crippen molar-refractivity contribution in [3.05, 3.63) is 47.5 Å². The Morgan fingerprint density at radius 3 is 2.71 bits per heavy atom. The maximum Gasteiger partial charge on any atom is 0.315 e. The number of ether oxygens (including phenoxy) is 1. The monoisotopic (exact) mass is 331 g/mol. The van der Waals surface area contributed by atoms with Crippen molar-refractivity contribution in [2.24, 2.45) is 7.05 Å². The van der Waals surface area contributed by atoms with Crippen LogP contribution in [0.3, 0.4) is 0 Å². The van der Waals surface area contributed by atoms with Crippen molar-refractivity contribution in [2.75, 3.05) is 0 Å². The molecule has 0 aliphatic rings. The lowest BCUT2D eigenvalue weighted by Crippen LogP contribution is -2.37. The maximum absolute atomic E-state index is 12.0. The van der Waals surface area contributed by atoms with Crippen molar-refractivity contribution >= 4 is 6.03 Å². The molecule has 0 spiro atoms. The summed E-state index contributed by atoms with van der Waals surface area (Å²) in [5.41, 5.74) is 2.12. The number of hydrogen-bond donors (Lipinski definition) is 2. The molecule has 2 amide bonds. The summed E-state index contributed by atoms with van der Waals surface area (Å²) in [6.07, 6.45) is 1.80. The highest BCUT2D eigenvalue weighted by Gasteiger charge is 2.13. The number of nitrogens with one attached hydrogen (secondary N) is 2. The fraction of sp³-hybridized carbons (Fsp3) is 0.471. The summed E-state index contributed by atoms with van der Waals surface area (Å²) in [5, 5.41) is 13.5. The van der Waals surface area contributed by atoms with Crippen LogP contribution in [0.2, 0.25) is 0 Å². The second-order valence-electron chi connectivity index (χ2n) is 6.03. The predicted molar refractivity (Wildman–Crippen MR) is 91.2 cm³/mol. The number of rotatable bonds is 7. The number of carbonyl (C=O) groups is 1. The van der Waals surface area contributed by atoms with Crippen molar-refractivity contribution in [3.8, 4) is 0 Å². The van der Waals surface area contributed by atoms with Gasteiger partial charge in [0, 0.05) is 13.6 Å². The molecule has 1 atom stereocenters. The van der Waals surface area contributed by atoms with Gasteiger partial charge in [-0.05, 0) is 31.9 Å². The quantitative estimate of drug-likeness (QED) is 0.816. The summed E-state index contributed by atoms with van der Waals surface area (Å²) in [6, 6.07) is 7.54. The van der Waals surface area contributed by atoms with Gasteiger partial charge >= 0.3 is 6.03 Å². The Morgan fingerprint density at radius 1 is 1.29 bits per heavy atom. The molecule has 0 fully saturated rings. The van der Waals surface area contributed by atoms with Crippen molar-refractivity contribution in [3.63, 3.8) is 0 Å². The van der Waals surface area contributed by atoms with Gasteiger partial charge in [-0.2, -0.15) is 0 Å². The molecule has 130 valence electrons. The molecule has 1 aromatic heterocycles. The molecule has 1 heterocycles. The highest BCUT2D eigenvalue weighted by molar-refractivity contribution is 5.74. The first-order valence-electron chi connectivity index (χ1n) is 8.03. The zero-order valence-corrected chi connectivity index (χ0v) is 14.6. The van der Waals surface area contributed by atoms with Crippen LogP contribution in [-0.2, 0) is 24.9 Å². The molecule has 0 aliphatic carbocycles. The van der Waals surface area contributed by atoms with E-state index in [1.807, 2.05) is 52.1 Å². The molecule has 0 radical (unpaired) electrons. The Bertz CT molecular complexity index is 669. The van der Waals surface area contributed by atoms with E-state index in [0.29, 0.717) is 19.0 Å². The van der Waals surface area contributed by atoms with Crippen LogP contribution >= 0.6 is 0 Å². The number of aromatic nitrogens is 3. The number of nitrogens with zero attached hydrogens (tertiary/aromatic N) is 3. The van der Waals surface area contributed by atoms with E-state index in [4.69, 9.17) is 4.74 Å². The van der Waals surface area contributed by atoms with Gasteiger partial charge in [0.1, 0.15) is 6.33 Å². The number of aryl methyl sites for hydroxylation is 1. The van der Waals surface area contributed by atoms with Crippen LogP contribution < -0.4 is 10.6 Å². The van der Waals surface area contributed by atoms with E-state index in [9.17, 15) is 4.79 Å². The van der Waals surface area contributed by atoms with E-state index in [0.717, 1.165) is 11.1 Å². The fourth-order valence-corrected chi connectivity index (χ4v) is 2.27. The van der Waals surface area contributed by atoms with Crippen LogP contribution in [0, 0.1) is 0 Å². The van der Waals surface area contributed by atoms with Crippen LogP contribution in [-0.4, -0.2) is 26.9 Å². The molecule has 2 aromatic rings. The average molecular weight is 331 g/mol. The average Bonchev–Trinajstić information content (AvgIpc) is 2.97. The van der Waals surface area contributed by atoms with Crippen LogP contribution in [0.4, 0.5) is 4.79 Å². The van der Waals surface area contributed by atoms with Crippen LogP contribution in [0.1, 0.15) is 43.8 Å². The summed E-state index contributed by atoms with van der Waals surface area (Å²) in [4.78, 5) is 12.0. The standard InChI is InChI=1S/C17H25N5O2/c1-12(2)24-10-15-7-5-6-14(8-15)9-18-17(23)20-13(3)16-21-19-11-22(16)4/h5-8,11-13H,9-10H2,1-4H3,(H2,18,20,23)/t13-/m0/s1. The van der Waals surface area contributed by atoms with Crippen LogP contribution in [0.5, 0.6) is 0 Å². The maximum atomic E-state index is 12.0. The van der Waals surface area contributed by atoms with Gasteiger partial charge in [-0.15, -0.1) is 10.2 Å². The molecule has 2 N–H and O–H groups in total. The van der Waals surface area contributed by atoms with Crippen molar-refractivity contribution in [2.45, 2.75) is 46.1 Å². The molecule has 0 aliphatic heterocycles. The largest absolute Gasteiger partial charge is 0.374 e. The first-order chi connectivity index (χ1) is 11.5. The molecular weight excluding hydrogens is 306 g/mol. The summed E-state index contributed by atoms with van der Waals surface area (Å²) >= 11 is 0. The molecule has 7 nitrogen and oxygen atoms in total. The van der Waals surface area contributed by atoms with Gasteiger partial charge < -0.3 is 19.9 Å². The summed E-state index contributed by atoms with van der Waals surface area (Å²) < 4.78 is 7.38. The van der Waals surface area contributed by atoms with Crippen molar-refractivity contribution < 1.29 is 9.53 Å². The molecular formula is C17H25N5O2. The number of benzene rings is 1. The highest BCUT2D eigenvalue weighted by atomic mass is 16.5. The van der Waals surface area contributed by atoms with Gasteiger partial charge in [-0.1, -0.05) is 24.3 Å². The summed E-state index contributed by atoms with van der Waals surface area (Å²) in [6.45, 7) is 6.91. The smallest absolute Gasteiger partial charge is 0.315 e. The number of urea groups is 1. The topological polar surface area (TPSA) is 81.1 Å². The third kappa shape index (κ3) is 5.34. The van der Waals surface area contributed by atoms with Crippen molar-refractivity contribution in [1.82, 2.24) is 25.4 Å². The van der Waals surface area contributed by atoms with E-state index in [1.165, 1.54) is 0 Å². The molecule has 0 saturated carbocycles. The second kappa shape index (κ2) is 8.44. The first kappa shape index (κ1) is 17.9. The zero-order valence-electron chi connectivity index (χ0n) is 14.6. The van der Waals surface area contributed by atoms with Gasteiger partial charge in [0.05, 0.1) is 18.8 Å². The molecule has 0 saturated heterocycles. The third-order valence-corrected chi connectivity index (χ3v) is 3.51. The predicted octanol–water partition coefficient (Wildman–Crippen LogP) is 2.30. The Balaban J connectivity index is 1.83. The molecule has 7 heteroatoms. The highest BCUT2D eigenvalue weighted by Crippen LogP contribution is 2.09. The zero-order chi connectivity index (χ0) is 17.5. The molecule has 0 bridgehead atoms. The fourth-order valence-electron chi connectivity index (χ4n) is 2.27. The van der Waals surface area contributed by atoms with Crippen molar-refractivity contribution in [1.29, 1.82) is 0 Å². The van der Waals surface area contributed by atoms with Crippen LogP contribution in [0.15, 0.2) is 30.6 Å². The van der Waals surface area contributed by atoms with E-state index < -0.39 is 0 Å².